The highest BCUT2D eigenvalue weighted by atomic mass is 79.9. The van der Waals surface area contributed by atoms with Gasteiger partial charge in [-0.15, -0.1) is 0 Å². The van der Waals surface area contributed by atoms with Gasteiger partial charge in [0.1, 0.15) is 0 Å². The first kappa shape index (κ1) is 10.9. The number of alkyl halides is 3. The van der Waals surface area contributed by atoms with Crippen LogP contribution >= 0.6 is 15.9 Å². The Morgan fingerprint density at radius 2 is 2.31 bits per heavy atom. The van der Waals surface area contributed by atoms with Gasteiger partial charge in [-0.1, -0.05) is 15.9 Å². The summed E-state index contributed by atoms with van der Waals surface area (Å²) in [5.41, 5.74) is 0. The third kappa shape index (κ3) is 3.21. The van der Waals surface area contributed by atoms with E-state index in [1.54, 1.807) is 0 Å². The van der Waals surface area contributed by atoms with E-state index in [0.717, 1.165) is 0 Å². The fraction of sp³-hybridized carbons (Fsp3) is 0.875. The second kappa shape index (κ2) is 4.35. The van der Waals surface area contributed by atoms with Gasteiger partial charge >= 0.3 is 0 Å². The van der Waals surface area contributed by atoms with Gasteiger partial charge in [0.2, 0.25) is 11.8 Å². The summed E-state index contributed by atoms with van der Waals surface area (Å²) >= 11 is 3.15. The van der Waals surface area contributed by atoms with Gasteiger partial charge in [0.15, 0.2) is 0 Å². The predicted octanol–water partition coefficient (Wildman–Crippen LogP) is 1.93. The Bertz CT molecular complexity index is 199. The fourth-order valence-corrected chi connectivity index (χ4v) is 1.69. The minimum Gasteiger partial charge on any atom is -0.355 e. The molecule has 0 spiro atoms. The van der Waals surface area contributed by atoms with E-state index in [4.69, 9.17) is 0 Å². The van der Waals surface area contributed by atoms with E-state index in [2.05, 4.69) is 21.2 Å². The molecular formula is C8H12BrF2NO. The molecule has 2 nitrogen and oxygen atoms in total. The van der Waals surface area contributed by atoms with Crippen LogP contribution in [-0.4, -0.2) is 23.7 Å². The minimum atomic E-state index is -2.63. The standard InChI is InChI=1S/C8H12BrF2NO/c9-3-4-12-7(13)6-1-2-8(10,11)5-6/h6H,1-5H2,(H,12,13). The summed E-state index contributed by atoms with van der Waals surface area (Å²) in [4.78, 5) is 11.2. The maximum absolute atomic E-state index is 12.7. The SMILES string of the molecule is O=C(NCCBr)C1CCC(F)(F)C1. The molecule has 0 bridgehead atoms. The van der Waals surface area contributed by atoms with Crippen LogP contribution in [0.25, 0.3) is 0 Å². The molecule has 1 aliphatic rings. The van der Waals surface area contributed by atoms with Crippen LogP contribution < -0.4 is 5.32 Å². The van der Waals surface area contributed by atoms with Crippen LogP contribution in [0.3, 0.4) is 0 Å². The van der Waals surface area contributed by atoms with Crippen LogP contribution in [0.1, 0.15) is 19.3 Å². The highest BCUT2D eigenvalue weighted by Gasteiger charge is 2.42. The van der Waals surface area contributed by atoms with Crippen molar-refractivity contribution >= 4 is 21.8 Å². The van der Waals surface area contributed by atoms with Crippen molar-refractivity contribution in [2.45, 2.75) is 25.2 Å². The largest absolute Gasteiger partial charge is 0.355 e. The van der Waals surface area contributed by atoms with Crippen LogP contribution in [0.2, 0.25) is 0 Å². The zero-order valence-corrected chi connectivity index (χ0v) is 8.74. The molecule has 5 heteroatoms. The molecule has 0 aromatic heterocycles. The van der Waals surface area contributed by atoms with Crippen LogP contribution in [0.5, 0.6) is 0 Å². The van der Waals surface area contributed by atoms with E-state index in [-0.39, 0.29) is 18.7 Å². The zero-order chi connectivity index (χ0) is 9.90. The monoisotopic (exact) mass is 255 g/mol. The van der Waals surface area contributed by atoms with Crippen molar-refractivity contribution in [3.63, 3.8) is 0 Å². The Morgan fingerprint density at radius 1 is 1.62 bits per heavy atom. The summed E-state index contributed by atoms with van der Waals surface area (Å²) in [7, 11) is 0. The van der Waals surface area contributed by atoms with Crippen molar-refractivity contribution < 1.29 is 13.6 Å². The third-order valence-corrected chi connectivity index (χ3v) is 2.56. The maximum Gasteiger partial charge on any atom is 0.248 e. The molecule has 0 aliphatic heterocycles. The molecule has 1 N–H and O–H groups in total. The molecular weight excluding hydrogens is 244 g/mol. The Labute approximate surface area is 84.2 Å². The third-order valence-electron chi connectivity index (χ3n) is 2.17. The first-order chi connectivity index (χ1) is 6.05. The number of carbonyl (C=O) groups is 1. The fourth-order valence-electron chi connectivity index (χ4n) is 1.49. The summed E-state index contributed by atoms with van der Waals surface area (Å²) in [5.74, 6) is -3.36. The molecule has 1 saturated carbocycles. The normalized spacial score (nSPS) is 25.9. The van der Waals surface area contributed by atoms with E-state index in [9.17, 15) is 13.6 Å². The van der Waals surface area contributed by atoms with Crippen molar-refractivity contribution in [2.24, 2.45) is 5.92 Å². The van der Waals surface area contributed by atoms with Crippen LogP contribution in [0.4, 0.5) is 8.78 Å². The van der Waals surface area contributed by atoms with Crippen molar-refractivity contribution in [1.82, 2.24) is 5.32 Å². The van der Waals surface area contributed by atoms with Gasteiger partial charge in [-0.05, 0) is 6.42 Å². The van der Waals surface area contributed by atoms with Gasteiger partial charge in [0, 0.05) is 30.6 Å². The molecule has 0 heterocycles. The highest BCUT2D eigenvalue weighted by molar-refractivity contribution is 9.09. The molecule has 13 heavy (non-hydrogen) atoms. The number of rotatable bonds is 3. The molecule has 1 unspecified atom stereocenters. The topological polar surface area (TPSA) is 29.1 Å². The second-order valence-corrected chi connectivity index (χ2v) is 4.07. The first-order valence-electron chi connectivity index (χ1n) is 4.27. The molecule has 1 atom stereocenters. The Morgan fingerprint density at radius 3 is 2.77 bits per heavy atom. The number of nitrogens with one attached hydrogen (secondary N) is 1. The quantitative estimate of drug-likeness (QED) is 0.768. The number of amides is 1. The van der Waals surface area contributed by atoms with Gasteiger partial charge in [0.25, 0.3) is 0 Å². The van der Waals surface area contributed by atoms with Crippen molar-refractivity contribution in [2.75, 3.05) is 11.9 Å². The average Bonchev–Trinajstić information content (AvgIpc) is 2.42. The molecule has 1 fully saturated rings. The van der Waals surface area contributed by atoms with E-state index in [1.807, 2.05) is 0 Å². The lowest BCUT2D eigenvalue weighted by atomic mass is 10.1. The van der Waals surface area contributed by atoms with Crippen molar-refractivity contribution in [3.8, 4) is 0 Å². The molecule has 1 amide bonds. The van der Waals surface area contributed by atoms with E-state index < -0.39 is 11.8 Å². The molecule has 0 aromatic rings. The smallest absolute Gasteiger partial charge is 0.248 e. The Balaban J connectivity index is 2.33. The van der Waals surface area contributed by atoms with Gasteiger partial charge in [-0.25, -0.2) is 8.78 Å². The highest BCUT2D eigenvalue weighted by Crippen LogP contribution is 2.38. The van der Waals surface area contributed by atoms with E-state index in [0.29, 0.717) is 18.3 Å². The summed E-state index contributed by atoms with van der Waals surface area (Å²) < 4.78 is 25.4. The van der Waals surface area contributed by atoms with Crippen molar-refractivity contribution in [3.05, 3.63) is 0 Å². The van der Waals surface area contributed by atoms with E-state index >= 15 is 0 Å². The summed E-state index contributed by atoms with van der Waals surface area (Å²) in [6.45, 7) is 0.501. The number of hydrogen-bond acceptors (Lipinski definition) is 1. The molecule has 1 rings (SSSR count). The minimum absolute atomic E-state index is 0.153. The molecule has 76 valence electrons. The zero-order valence-electron chi connectivity index (χ0n) is 7.16. The summed E-state index contributed by atoms with van der Waals surface area (Å²) in [6.07, 6.45) is -0.137. The van der Waals surface area contributed by atoms with Gasteiger partial charge in [-0.2, -0.15) is 0 Å². The number of carbonyl (C=O) groups excluding carboxylic acids is 1. The molecule has 0 aromatic carbocycles. The van der Waals surface area contributed by atoms with E-state index in [1.165, 1.54) is 0 Å². The molecule has 0 radical (unpaired) electrons. The van der Waals surface area contributed by atoms with Crippen LogP contribution in [0.15, 0.2) is 0 Å². The molecule has 0 saturated heterocycles. The average molecular weight is 256 g/mol. The molecule has 1 aliphatic carbocycles. The van der Waals surface area contributed by atoms with Gasteiger partial charge < -0.3 is 5.32 Å². The van der Waals surface area contributed by atoms with Gasteiger partial charge in [0.05, 0.1) is 0 Å². The lowest BCUT2D eigenvalue weighted by molar-refractivity contribution is -0.125. The predicted molar refractivity (Wildman–Crippen MR) is 49.1 cm³/mol. The maximum atomic E-state index is 12.7. The Kier molecular flexibility index (Phi) is 3.64. The Hall–Kier alpha value is -0.190. The lowest BCUT2D eigenvalue weighted by Crippen LogP contribution is -2.31. The number of hydrogen-bond donors (Lipinski definition) is 1. The van der Waals surface area contributed by atoms with Crippen LogP contribution in [-0.2, 0) is 4.79 Å². The van der Waals surface area contributed by atoms with Gasteiger partial charge in [-0.3, -0.25) is 4.79 Å². The second-order valence-electron chi connectivity index (χ2n) is 3.28. The lowest BCUT2D eigenvalue weighted by Gasteiger charge is -2.10. The van der Waals surface area contributed by atoms with Crippen LogP contribution in [0, 0.1) is 5.92 Å². The number of halogens is 3. The summed E-state index contributed by atoms with van der Waals surface area (Å²) in [6, 6.07) is 0. The van der Waals surface area contributed by atoms with Crippen molar-refractivity contribution in [1.29, 1.82) is 0 Å². The first-order valence-corrected chi connectivity index (χ1v) is 5.39. The summed E-state index contributed by atoms with van der Waals surface area (Å²) in [5, 5.41) is 3.25.